The van der Waals surface area contributed by atoms with Gasteiger partial charge in [0.25, 0.3) is 0 Å². The molecular formula is C15H20N2O2. The quantitative estimate of drug-likeness (QED) is 0.816. The molecule has 1 aliphatic heterocycles. The van der Waals surface area contributed by atoms with Gasteiger partial charge in [0.15, 0.2) is 5.78 Å². The molecule has 1 saturated heterocycles. The Balaban J connectivity index is 1.90. The Kier molecular flexibility index (Phi) is 4.68. The van der Waals surface area contributed by atoms with Crippen LogP contribution in [0.2, 0.25) is 0 Å². The number of piperidine rings is 1. The average Bonchev–Trinajstić information content (AvgIpc) is 2.40. The number of amides is 1. The standard InChI is InChI=1S/C15H20N2O2/c1-11(18)13-5-2-6-14(9-13)17-15(19)8-12-4-3-7-16-10-12/h2,5-6,9,12,16H,3-4,7-8,10H2,1H3,(H,17,19). The maximum atomic E-state index is 11.9. The molecule has 19 heavy (non-hydrogen) atoms. The van der Waals surface area contributed by atoms with Crippen molar-refractivity contribution in [3.8, 4) is 0 Å². The summed E-state index contributed by atoms with van der Waals surface area (Å²) in [6.45, 7) is 3.49. The van der Waals surface area contributed by atoms with Crippen molar-refractivity contribution in [3.63, 3.8) is 0 Å². The Hall–Kier alpha value is -1.68. The normalized spacial score (nSPS) is 18.9. The Bertz CT molecular complexity index is 465. The van der Waals surface area contributed by atoms with Gasteiger partial charge < -0.3 is 10.6 Å². The summed E-state index contributed by atoms with van der Waals surface area (Å²) < 4.78 is 0. The lowest BCUT2D eigenvalue weighted by Gasteiger charge is -2.22. The molecule has 2 rings (SSSR count). The summed E-state index contributed by atoms with van der Waals surface area (Å²) in [5.74, 6) is 0.451. The Morgan fingerprint density at radius 3 is 2.95 bits per heavy atom. The van der Waals surface area contributed by atoms with Crippen LogP contribution in [-0.4, -0.2) is 24.8 Å². The molecule has 2 N–H and O–H groups in total. The van der Waals surface area contributed by atoms with Crippen molar-refractivity contribution in [2.75, 3.05) is 18.4 Å². The fraction of sp³-hybridized carbons (Fsp3) is 0.467. The van der Waals surface area contributed by atoms with Crippen molar-refractivity contribution in [3.05, 3.63) is 29.8 Å². The molecule has 1 aliphatic rings. The predicted molar refractivity (Wildman–Crippen MR) is 75.3 cm³/mol. The number of ketones is 1. The van der Waals surface area contributed by atoms with Crippen LogP contribution < -0.4 is 10.6 Å². The third kappa shape index (κ3) is 4.17. The first-order valence-corrected chi connectivity index (χ1v) is 6.77. The van der Waals surface area contributed by atoms with Crippen molar-refractivity contribution in [2.24, 2.45) is 5.92 Å². The van der Waals surface area contributed by atoms with E-state index in [4.69, 9.17) is 0 Å². The number of anilines is 1. The highest BCUT2D eigenvalue weighted by Gasteiger charge is 2.16. The van der Waals surface area contributed by atoms with Crippen LogP contribution in [0.15, 0.2) is 24.3 Å². The lowest BCUT2D eigenvalue weighted by molar-refractivity contribution is -0.117. The van der Waals surface area contributed by atoms with Crippen LogP contribution in [0, 0.1) is 5.92 Å². The summed E-state index contributed by atoms with van der Waals surface area (Å²) in [6.07, 6.45) is 2.78. The molecule has 0 spiro atoms. The number of rotatable bonds is 4. The molecule has 0 aromatic heterocycles. The predicted octanol–water partition coefficient (Wildman–Crippen LogP) is 2.22. The third-order valence-corrected chi connectivity index (χ3v) is 3.43. The van der Waals surface area contributed by atoms with E-state index < -0.39 is 0 Å². The molecule has 1 fully saturated rings. The summed E-state index contributed by atoms with van der Waals surface area (Å²) in [4.78, 5) is 23.2. The molecule has 1 heterocycles. The number of carbonyl (C=O) groups excluding carboxylic acids is 2. The van der Waals surface area contributed by atoms with E-state index in [0.29, 0.717) is 23.6 Å². The van der Waals surface area contributed by atoms with E-state index in [1.165, 1.54) is 6.92 Å². The van der Waals surface area contributed by atoms with Gasteiger partial charge in [0.05, 0.1) is 0 Å². The lowest BCUT2D eigenvalue weighted by atomic mass is 9.96. The zero-order valence-electron chi connectivity index (χ0n) is 11.2. The SMILES string of the molecule is CC(=O)c1cccc(NC(=O)CC2CCCNC2)c1. The number of nitrogens with one attached hydrogen (secondary N) is 2. The van der Waals surface area contributed by atoms with Gasteiger partial charge in [-0.1, -0.05) is 12.1 Å². The molecule has 1 aromatic carbocycles. The average molecular weight is 260 g/mol. The van der Waals surface area contributed by atoms with E-state index in [1.807, 2.05) is 6.07 Å². The fourth-order valence-corrected chi connectivity index (χ4v) is 2.39. The van der Waals surface area contributed by atoms with Crippen molar-refractivity contribution < 1.29 is 9.59 Å². The highest BCUT2D eigenvalue weighted by Crippen LogP contribution is 2.16. The van der Waals surface area contributed by atoms with Gasteiger partial charge in [-0.25, -0.2) is 0 Å². The first-order chi connectivity index (χ1) is 9.15. The minimum Gasteiger partial charge on any atom is -0.326 e. The molecule has 1 unspecified atom stereocenters. The molecule has 1 aromatic rings. The number of carbonyl (C=O) groups is 2. The fourth-order valence-electron chi connectivity index (χ4n) is 2.39. The summed E-state index contributed by atoms with van der Waals surface area (Å²) in [5, 5.41) is 6.17. The topological polar surface area (TPSA) is 58.2 Å². The van der Waals surface area contributed by atoms with Gasteiger partial charge in [-0.15, -0.1) is 0 Å². The third-order valence-electron chi connectivity index (χ3n) is 3.43. The maximum absolute atomic E-state index is 11.9. The lowest BCUT2D eigenvalue weighted by Crippen LogP contribution is -2.32. The zero-order chi connectivity index (χ0) is 13.7. The van der Waals surface area contributed by atoms with E-state index in [9.17, 15) is 9.59 Å². The maximum Gasteiger partial charge on any atom is 0.224 e. The van der Waals surface area contributed by atoms with E-state index >= 15 is 0 Å². The molecule has 0 radical (unpaired) electrons. The molecule has 102 valence electrons. The number of benzene rings is 1. The van der Waals surface area contributed by atoms with Crippen LogP contribution in [0.5, 0.6) is 0 Å². The summed E-state index contributed by atoms with van der Waals surface area (Å²) >= 11 is 0. The van der Waals surface area contributed by atoms with Gasteiger partial charge in [-0.2, -0.15) is 0 Å². The molecular weight excluding hydrogens is 240 g/mol. The number of hydrogen-bond acceptors (Lipinski definition) is 3. The Morgan fingerprint density at radius 1 is 1.42 bits per heavy atom. The van der Waals surface area contributed by atoms with Crippen LogP contribution >= 0.6 is 0 Å². The van der Waals surface area contributed by atoms with Crippen LogP contribution in [0.1, 0.15) is 36.5 Å². The van der Waals surface area contributed by atoms with Gasteiger partial charge in [0, 0.05) is 17.7 Å². The van der Waals surface area contributed by atoms with E-state index in [2.05, 4.69) is 10.6 Å². The highest BCUT2D eigenvalue weighted by atomic mass is 16.1. The molecule has 4 heteroatoms. The number of hydrogen-bond donors (Lipinski definition) is 2. The smallest absolute Gasteiger partial charge is 0.224 e. The minimum absolute atomic E-state index is 0.00702. The number of Topliss-reactive ketones (excluding diaryl/α,β-unsaturated/α-hetero) is 1. The second-order valence-corrected chi connectivity index (χ2v) is 5.10. The van der Waals surface area contributed by atoms with Gasteiger partial charge >= 0.3 is 0 Å². The molecule has 1 atom stereocenters. The van der Waals surface area contributed by atoms with Gasteiger partial charge in [0.1, 0.15) is 0 Å². The Labute approximate surface area is 113 Å². The zero-order valence-corrected chi connectivity index (χ0v) is 11.2. The van der Waals surface area contributed by atoms with Crippen LogP contribution in [0.4, 0.5) is 5.69 Å². The van der Waals surface area contributed by atoms with Gasteiger partial charge in [-0.3, -0.25) is 9.59 Å². The van der Waals surface area contributed by atoms with E-state index in [1.54, 1.807) is 18.2 Å². The molecule has 4 nitrogen and oxygen atoms in total. The molecule has 0 saturated carbocycles. The second kappa shape index (κ2) is 6.48. The highest BCUT2D eigenvalue weighted by molar-refractivity contribution is 5.97. The summed E-state index contributed by atoms with van der Waals surface area (Å²) in [5.41, 5.74) is 1.32. The minimum atomic E-state index is 0.00702. The largest absolute Gasteiger partial charge is 0.326 e. The van der Waals surface area contributed by atoms with Gasteiger partial charge in [-0.05, 0) is 50.9 Å². The summed E-state index contributed by atoms with van der Waals surface area (Å²) in [6, 6.07) is 7.07. The van der Waals surface area contributed by atoms with Crippen LogP contribution in [0.25, 0.3) is 0 Å². The first-order valence-electron chi connectivity index (χ1n) is 6.77. The van der Waals surface area contributed by atoms with Crippen LogP contribution in [0.3, 0.4) is 0 Å². The first kappa shape index (κ1) is 13.7. The van der Waals surface area contributed by atoms with E-state index in [0.717, 1.165) is 25.9 Å². The van der Waals surface area contributed by atoms with Gasteiger partial charge in [0.2, 0.25) is 5.91 Å². The second-order valence-electron chi connectivity index (χ2n) is 5.10. The molecule has 0 aliphatic carbocycles. The van der Waals surface area contributed by atoms with Crippen molar-refractivity contribution >= 4 is 17.4 Å². The van der Waals surface area contributed by atoms with Crippen molar-refractivity contribution in [1.29, 1.82) is 0 Å². The van der Waals surface area contributed by atoms with E-state index in [-0.39, 0.29) is 11.7 Å². The van der Waals surface area contributed by atoms with Crippen molar-refractivity contribution in [2.45, 2.75) is 26.2 Å². The molecule has 0 bridgehead atoms. The monoisotopic (exact) mass is 260 g/mol. The van der Waals surface area contributed by atoms with Crippen LogP contribution in [-0.2, 0) is 4.79 Å². The summed E-state index contributed by atoms with van der Waals surface area (Å²) in [7, 11) is 0. The Morgan fingerprint density at radius 2 is 2.26 bits per heavy atom. The van der Waals surface area contributed by atoms with Crippen molar-refractivity contribution in [1.82, 2.24) is 5.32 Å². The molecule has 1 amide bonds.